The Morgan fingerprint density at radius 2 is 1.71 bits per heavy atom. The second-order valence-corrected chi connectivity index (χ2v) is 8.07. The van der Waals surface area contributed by atoms with Crippen LogP contribution in [-0.2, 0) is 23.0 Å². The van der Waals surface area contributed by atoms with Crippen molar-refractivity contribution in [1.29, 1.82) is 0 Å². The van der Waals surface area contributed by atoms with Gasteiger partial charge in [0, 0.05) is 18.7 Å². The van der Waals surface area contributed by atoms with E-state index in [0.29, 0.717) is 31.3 Å². The third-order valence-electron chi connectivity index (χ3n) is 4.57. The molecule has 126 valence electrons. The molecule has 24 heavy (non-hydrogen) atoms. The van der Waals surface area contributed by atoms with Gasteiger partial charge in [-0.1, -0.05) is 24.3 Å². The van der Waals surface area contributed by atoms with E-state index < -0.39 is 10.0 Å². The Bertz CT molecular complexity index is 878. The summed E-state index contributed by atoms with van der Waals surface area (Å²) in [6.07, 6.45) is 0.722. The van der Waals surface area contributed by atoms with Crippen LogP contribution in [0.15, 0.2) is 47.4 Å². The lowest BCUT2D eigenvalue weighted by molar-refractivity contribution is 0.171. The average Bonchev–Trinajstić information content (AvgIpc) is 2.60. The van der Waals surface area contributed by atoms with E-state index in [1.54, 1.807) is 22.5 Å². The number of sulfonamides is 1. The van der Waals surface area contributed by atoms with Gasteiger partial charge in [-0.3, -0.25) is 0 Å². The first kappa shape index (κ1) is 15.5. The van der Waals surface area contributed by atoms with Gasteiger partial charge in [0.1, 0.15) is 13.2 Å². The number of ether oxygens (including phenoxy) is 2. The fourth-order valence-electron chi connectivity index (χ4n) is 3.30. The molecule has 0 aromatic heterocycles. The van der Waals surface area contributed by atoms with Crippen LogP contribution in [0.25, 0.3) is 0 Å². The summed E-state index contributed by atoms with van der Waals surface area (Å²) < 4.78 is 38.8. The van der Waals surface area contributed by atoms with Crippen LogP contribution in [0.5, 0.6) is 11.5 Å². The molecule has 2 aliphatic heterocycles. The molecule has 5 nitrogen and oxygen atoms in total. The molecular weight excluding hydrogens is 326 g/mol. The summed E-state index contributed by atoms with van der Waals surface area (Å²) in [5.41, 5.74) is 2.29. The maximum Gasteiger partial charge on any atom is 0.243 e. The van der Waals surface area contributed by atoms with Crippen molar-refractivity contribution in [3.63, 3.8) is 0 Å². The minimum Gasteiger partial charge on any atom is -0.486 e. The molecule has 0 bridgehead atoms. The van der Waals surface area contributed by atoms with Gasteiger partial charge >= 0.3 is 0 Å². The molecular formula is C18H19NO4S. The molecule has 0 saturated heterocycles. The summed E-state index contributed by atoms with van der Waals surface area (Å²) in [6.45, 7) is 3.27. The molecule has 0 radical (unpaired) electrons. The zero-order valence-electron chi connectivity index (χ0n) is 13.4. The Morgan fingerprint density at radius 3 is 2.50 bits per heavy atom. The van der Waals surface area contributed by atoms with E-state index in [4.69, 9.17) is 9.47 Å². The molecule has 4 rings (SSSR count). The SMILES string of the molecule is CC1Cc2ccccc2CN1S(=O)(=O)c1ccc2c(c1)OCCO2. The summed E-state index contributed by atoms with van der Waals surface area (Å²) in [5, 5.41) is 0. The highest BCUT2D eigenvalue weighted by Crippen LogP contribution is 2.35. The van der Waals surface area contributed by atoms with E-state index in [2.05, 4.69) is 6.07 Å². The lowest BCUT2D eigenvalue weighted by Gasteiger charge is -2.34. The molecule has 2 heterocycles. The Morgan fingerprint density at radius 1 is 1.00 bits per heavy atom. The van der Waals surface area contributed by atoms with Crippen molar-refractivity contribution < 1.29 is 17.9 Å². The first-order valence-electron chi connectivity index (χ1n) is 8.04. The van der Waals surface area contributed by atoms with E-state index in [0.717, 1.165) is 12.0 Å². The van der Waals surface area contributed by atoms with Crippen molar-refractivity contribution in [1.82, 2.24) is 4.31 Å². The fourth-order valence-corrected chi connectivity index (χ4v) is 4.92. The summed E-state index contributed by atoms with van der Waals surface area (Å²) in [7, 11) is -3.59. The molecule has 2 aliphatic rings. The minimum atomic E-state index is -3.59. The van der Waals surface area contributed by atoms with Crippen LogP contribution in [0.1, 0.15) is 18.1 Å². The number of benzene rings is 2. The fraction of sp³-hybridized carbons (Fsp3) is 0.333. The summed E-state index contributed by atoms with van der Waals surface area (Å²) in [4.78, 5) is 0.248. The average molecular weight is 345 g/mol. The molecule has 2 aromatic carbocycles. The van der Waals surface area contributed by atoms with Crippen LogP contribution in [0.3, 0.4) is 0 Å². The van der Waals surface area contributed by atoms with Gasteiger partial charge in [0.25, 0.3) is 0 Å². The van der Waals surface area contributed by atoms with Crippen LogP contribution < -0.4 is 9.47 Å². The summed E-state index contributed by atoms with van der Waals surface area (Å²) in [6, 6.07) is 12.8. The lowest BCUT2D eigenvalue weighted by atomic mass is 9.97. The molecule has 0 amide bonds. The monoisotopic (exact) mass is 345 g/mol. The predicted molar refractivity (Wildman–Crippen MR) is 89.8 cm³/mol. The third-order valence-corrected chi connectivity index (χ3v) is 6.53. The molecule has 1 unspecified atom stereocenters. The van der Waals surface area contributed by atoms with Crippen LogP contribution in [0, 0.1) is 0 Å². The Hall–Kier alpha value is -2.05. The van der Waals surface area contributed by atoms with Gasteiger partial charge in [0.05, 0.1) is 4.90 Å². The molecule has 6 heteroatoms. The smallest absolute Gasteiger partial charge is 0.243 e. The van der Waals surface area contributed by atoms with Crippen molar-refractivity contribution in [3.8, 4) is 11.5 Å². The molecule has 0 saturated carbocycles. The van der Waals surface area contributed by atoms with E-state index in [9.17, 15) is 8.42 Å². The number of fused-ring (bicyclic) bond motifs is 2. The van der Waals surface area contributed by atoms with Gasteiger partial charge in [0.15, 0.2) is 11.5 Å². The molecule has 1 atom stereocenters. The van der Waals surface area contributed by atoms with E-state index in [-0.39, 0.29) is 10.9 Å². The number of nitrogens with zero attached hydrogens (tertiary/aromatic N) is 1. The first-order valence-corrected chi connectivity index (χ1v) is 9.48. The highest BCUT2D eigenvalue weighted by atomic mass is 32.2. The maximum atomic E-state index is 13.1. The van der Waals surface area contributed by atoms with Crippen LogP contribution >= 0.6 is 0 Å². The Kier molecular flexibility index (Phi) is 3.73. The number of hydrogen-bond donors (Lipinski definition) is 0. The zero-order valence-corrected chi connectivity index (χ0v) is 14.3. The summed E-state index contributed by atoms with van der Waals surface area (Å²) >= 11 is 0. The van der Waals surface area contributed by atoms with Crippen molar-refractivity contribution in [2.24, 2.45) is 0 Å². The van der Waals surface area contributed by atoms with Gasteiger partial charge in [0.2, 0.25) is 10.0 Å². The Labute approximate surface area is 141 Å². The molecule has 0 N–H and O–H groups in total. The maximum absolute atomic E-state index is 13.1. The van der Waals surface area contributed by atoms with Crippen molar-refractivity contribution >= 4 is 10.0 Å². The predicted octanol–water partition coefficient (Wildman–Crippen LogP) is 2.59. The normalized spacial score (nSPS) is 20.5. The van der Waals surface area contributed by atoms with E-state index >= 15 is 0 Å². The van der Waals surface area contributed by atoms with Gasteiger partial charge in [-0.2, -0.15) is 4.31 Å². The molecule has 0 spiro atoms. The van der Waals surface area contributed by atoms with Gasteiger partial charge < -0.3 is 9.47 Å². The van der Waals surface area contributed by atoms with E-state index in [1.165, 1.54) is 5.56 Å². The molecule has 2 aromatic rings. The van der Waals surface area contributed by atoms with Crippen molar-refractivity contribution in [3.05, 3.63) is 53.6 Å². The van der Waals surface area contributed by atoms with Crippen molar-refractivity contribution in [2.75, 3.05) is 13.2 Å². The standard InChI is InChI=1S/C18H19NO4S/c1-13-10-14-4-2-3-5-15(14)12-19(13)24(20,21)16-6-7-17-18(11-16)23-9-8-22-17/h2-7,11,13H,8-10,12H2,1H3. The van der Waals surface area contributed by atoms with E-state index in [1.807, 2.05) is 25.1 Å². The number of hydrogen-bond acceptors (Lipinski definition) is 4. The largest absolute Gasteiger partial charge is 0.486 e. The van der Waals surface area contributed by atoms with Crippen LogP contribution in [-0.4, -0.2) is 32.0 Å². The van der Waals surface area contributed by atoms with Gasteiger partial charge in [-0.05, 0) is 36.6 Å². The van der Waals surface area contributed by atoms with Crippen molar-refractivity contribution in [2.45, 2.75) is 30.8 Å². The molecule has 0 aliphatic carbocycles. The third kappa shape index (κ3) is 2.56. The molecule has 0 fully saturated rings. The lowest BCUT2D eigenvalue weighted by Crippen LogP contribution is -2.42. The summed E-state index contributed by atoms with van der Waals surface area (Å²) in [5.74, 6) is 1.09. The van der Waals surface area contributed by atoms with Gasteiger partial charge in [-0.15, -0.1) is 0 Å². The van der Waals surface area contributed by atoms with Crippen LogP contribution in [0.4, 0.5) is 0 Å². The Balaban J connectivity index is 1.70. The zero-order chi connectivity index (χ0) is 16.7. The van der Waals surface area contributed by atoms with Crippen LogP contribution in [0.2, 0.25) is 0 Å². The van der Waals surface area contributed by atoms with Gasteiger partial charge in [-0.25, -0.2) is 8.42 Å². The topological polar surface area (TPSA) is 55.8 Å². The second-order valence-electron chi connectivity index (χ2n) is 6.18. The first-order chi connectivity index (χ1) is 11.6. The minimum absolute atomic E-state index is 0.0851. The quantitative estimate of drug-likeness (QED) is 0.839. The second kappa shape index (κ2) is 5.79. The highest BCUT2D eigenvalue weighted by Gasteiger charge is 2.33. The highest BCUT2D eigenvalue weighted by molar-refractivity contribution is 7.89. The number of rotatable bonds is 2.